The van der Waals surface area contributed by atoms with Gasteiger partial charge >= 0.3 is 6.36 Å². The van der Waals surface area contributed by atoms with Gasteiger partial charge in [0, 0.05) is 0 Å². The second-order valence-corrected chi connectivity index (χ2v) is 5.10. The van der Waals surface area contributed by atoms with Crippen LogP contribution in [-0.2, 0) is 0 Å². The second kappa shape index (κ2) is 8.27. The molecule has 0 bridgehead atoms. The maximum atomic E-state index is 12.4. The molecule has 0 aliphatic rings. The third-order valence-electron chi connectivity index (χ3n) is 3.01. The number of rotatable bonds is 6. The highest BCUT2D eigenvalue weighted by Crippen LogP contribution is 2.29. The number of hydrogen-bond donors (Lipinski definition) is 2. The van der Waals surface area contributed by atoms with Crippen LogP contribution in [0.5, 0.6) is 11.5 Å². The molecule has 0 radical (unpaired) electrons. The summed E-state index contributed by atoms with van der Waals surface area (Å²) in [5.74, 6) is 0.292. The second-order valence-electron chi connectivity index (χ2n) is 5.10. The third kappa shape index (κ3) is 6.62. The van der Waals surface area contributed by atoms with E-state index < -0.39 is 6.36 Å². The maximum Gasteiger partial charge on any atom is 0.573 e. The van der Waals surface area contributed by atoms with Gasteiger partial charge in [-0.2, -0.15) is 0 Å². The average molecular weight is 353 g/mol. The van der Waals surface area contributed by atoms with Gasteiger partial charge in [-0.15, -0.1) is 13.2 Å². The molecular weight excluding hydrogens is 335 g/mol. The monoisotopic (exact) mass is 353 g/mol. The first kappa shape index (κ1) is 18.4. The van der Waals surface area contributed by atoms with E-state index in [0.717, 1.165) is 5.56 Å². The maximum absolute atomic E-state index is 12.4. The van der Waals surface area contributed by atoms with Crippen molar-refractivity contribution in [3.8, 4) is 11.5 Å². The molecule has 0 saturated heterocycles. The summed E-state index contributed by atoms with van der Waals surface area (Å²) in [6.45, 7) is 2.48. The summed E-state index contributed by atoms with van der Waals surface area (Å²) in [7, 11) is 0. The summed E-state index contributed by atoms with van der Waals surface area (Å²) in [6, 6.07) is 13.1. The van der Waals surface area contributed by atoms with Gasteiger partial charge in [-0.05, 0) is 36.8 Å². The Hall–Kier alpha value is -2.90. The molecule has 2 aromatic carbocycles. The lowest BCUT2D eigenvalue weighted by molar-refractivity contribution is -0.274. The van der Waals surface area contributed by atoms with Gasteiger partial charge in [0.1, 0.15) is 12.4 Å². The van der Waals surface area contributed by atoms with Gasteiger partial charge in [0.25, 0.3) is 0 Å². The Bertz CT molecular complexity index is 733. The lowest BCUT2D eigenvalue weighted by atomic mass is 10.2. The van der Waals surface area contributed by atoms with Gasteiger partial charge in [0.2, 0.25) is 0 Å². The van der Waals surface area contributed by atoms with Crippen molar-refractivity contribution in [3.63, 3.8) is 0 Å². The Kier molecular flexibility index (Phi) is 6.10. The molecule has 0 aliphatic carbocycles. The summed E-state index contributed by atoms with van der Waals surface area (Å²) in [6.07, 6.45) is -4.79. The molecule has 8 heteroatoms. The number of alkyl halides is 3. The van der Waals surface area contributed by atoms with Gasteiger partial charge in [0.05, 0.1) is 12.2 Å². The van der Waals surface area contributed by atoms with E-state index in [-0.39, 0.29) is 30.5 Å². The van der Waals surface area contributed by atoms with Crippen molar-refractivity contribution in [1.82, 2.24) is 0 Å². The molecule has 0 amide bonds. The Morgan fingerprint density at radius 1 is 1.16 bits per heavy atom. The van der Waals surface area contributed by atoms with Gasteiger partial charge in [-0.3, -0.25) is 0 Å². The molecule has 0 heterocycles. The molecule has 0 aliphatic heterocycles. The highest BCUT2D eigenvalue weighted by Gasteiger charge is 2.32. The molecule has 2 aromatic rings. The molecular formula is C17H18F3N3O2. The van der Waals surface area contributed by atoms with Crippen molar-refractivity contribution in [2.24, 2.45) is 10.7 Å². The fourth-order valence-corrected chi connectivity index (χ4v) is 2.00. The zero-order valence-corrected chi connectivity index (χ0v) is 13.5. The van der Waals surface area contributed by atoms with Crippen molar-refractivity contribution in [3.05, 3.63) is 54.1 Å². The van der Waals surface area contributed by atoms with E-state index >= 15 is 0 Å². The van der Waals surface area contributed by atoms with Crippen LogP contribution in [0.15, 0.2) is 53.5 Å². The zero-order valence-electron chi connectivity index (χ0n) is 13.5. The Morgan fingerprint density at radius 2 is 1.92 bits per heavy atom. The quantitative estimate of drug-likeness (QED) is 0.472. The molecule has 0 unspecified atom stereocenters. The van der Waals surface area contributed by atoms with Crippen molar-refractivity contribution in [2.75, 3.05) is 18.5 Å². The first-order valence-corrected chi connectivity index (χ1v) is 7.45. The zero-order chi connectivity index (χ0) is 18.3. The Balaban J connectivity index is 1.89. The lowest BCUT2D eigenvalue weighted by Crippen LogP contribution is -2.25. The fourth-order valence-electron chi connectivity index (χ4n) is 2.00. The first-order valence-electron chi connectivity index (χ1n) is 7.45. The molecule has 0 saturated carbocycles. The SMILES string of the molecule is Cc1cccc(OCCN=C(N)Nc2ccccc2OC(F)(F)F)c1. The Morgan fingerprint density at radius 3 is 2.64 bits per heavy atom. The molecule has 134 valence electrons. The number of ether oxygens (including phenoxy) is 2. The van der Waals surface area contributed by atoms with Gasteiger partial charge in [-0.1, -0.05) is 24.3 Å². The van der Waals surface area contributed by atoms with Crippen LogP contribution in [0, 0.1) is 6.92 Å². The minimum Gasteiger partial charge on any atom is -0.492 e. The highest BCUT2D eigenvalue weighted by atomic mass is 19.4. The predicted molar refractivity (Wildman–Crippen MR) is 89.9 cm³/mol. The molecule has 0 spiro atoms. The molecule has 0 fully saturated rings. The normalized spacial score (nSPS) is 11.9. The molecule has 2 rings (SSSR count). The van der Waals surface area contributed by atoms with Crippen LogP contribution in [0.1, 0.15) is 5.56 Å². The number of hydrogen-bond acceptors (Lipinski definition) is 3. The van der Waals surface area contributed by atoms with Gasteiger partial charge in [-0.25, -0.2) is 4.99 Å². The topological polar surface area (TPSA) is 68.9 Å². The van der Waals surface area contributed by atoms with E-state index in [4.69, 9.17) is 10.5 Å². The number of halogens is 3. The third-order valence-corrected chi connectivity index (χ3v) is 3.01. The summed E-state index contributed by atoms with van der Waals surface area (Å²) in [5, 5.41) is 2.59. The molecule has 3 N–H and O–H groups in total. The van der Waals surface area contributed by atoms with E-state index in [2.05, 4.69) is 15.0 Å². The van der Waals surface area contributed by atoms with Gasteiger partial charge in [0.15, 0.2) is 11.7 Å². The van der Waals surface area contributed by atoms with Crippen molar-refractivity contribution < 1.29 is 22.6 Å². The molecule has 0 aromatic heterocycles. The summed E-state index contributed by atoms with van der Waals surface area (Å²) >= 11 is 0. The first-order chi connectivity index (χ1) is 11.8. The molecule has 25 heavy (non-hydrogen) atoms. The van der Waals surface area contributed by atoms with Crippen LogP contribution in [-0.4, -0.2) is 25.5 Å². The van der Waals surface area contributed by atoms with Gasteiger partial charge < -0.3 is 20.5 Å². The van der Waals surface area contributed by atoms with Crippen molar-refractivity contribution in [1.29, 1.82) is 0 Å². The van der Waals surface area contributed by atoms with E-state index in [1.165, 1.54) is 18.2 Å². The number of guanidine groups is 1. The minimum atomic E-state index is -4.79. The number of nitrogens with two attached hydrogens (primary N) is 1. The van der Waals surface area contributed by atoms with Crippen molar-refractivity contribution >= 4 is 11.6 Å². The summed E-state index contributed by atoms with van der Waals surface area (Å²) in [4.78, 5) is 4.02. The van der Waals surface area contributed by atoms with Crippen LogP contribution < -0.4 is 20.5 Å². The van der Waals surface area contributed by atoms with Crippen LogP contribution in [0.2, 0.25) is 0 Å². The smallest absolute Gasteiger partial charge is 0.492 e. The number of nitrogens with zero attached hydrogens (tertiary/aromatic N) is 1. The lowest BCUT2D eigenvalue weighted by Gasteiger charge is -2.14. The van der Waals surface area contributed by atoms with Crippen LogP contribution in [0.25, 0.3) is 0 Å². The number of benzene rings is 2. The Labute approximate surface area is 143 Å². The summed E-state index contributed by atoms with van der Waals surface area (Å²) < 4.78 is 46.6. The van der Waals surface area contributed by atoms with E-state index in [0.29, 0.717) is 5.75 Å². The van der Waals surface area contributed by atoms with E-state index in [1.807, 2.05) is 31.2 Å². The highest BCUT2D eigenvalue weighted by molar-refractivity contribution is 5.93. The number of nitrogens with one attached hydrogen (secondary N) is 1. The van der Waals surface area contributed by atoms with E-state index in [1.54, 1.807) is 6.07 Å². The average Bonchev–Trinajstić information content (AvgIpc) is 2.52. The number of anilines is 1. The number of aryl methyl sites for hydroxylation is 1. The van der Waals surface area contributed by atoms with Crippen LogP contribution >= 0.6 is 0 Å². The fraction of sp³-hybridized carbons (Fsp3) is 0.235. The minimum absolute atomic E-state index is 0.0360. The van der Waals surface area contributed by atoms with Crippen LogP contribution in [0.3, 0.4) is 0 Å². The molecule has 5 nitrogen and oxygen atoms in total. The number of para-hydroxylation sites is 2. The predicted octanol–water partition coefficient (Wildman–Crippen LogP) is 3.70. The standard InChI is InChI=1S/C17H18F3N3O2/c1-12-5-4-6-13(11-12)24-10-9-22-16(21)23-14-7-2-3-8-15(14)25-17(18,19)20/h2-8,11H,9-10H2,1H3,(H3,21,22,23). The van der Waals surface area contributed by atoms with E-state index in [9.17, 15) is 13.2 Å². The van der Waals surface area contributed by atoms with Crippen molar-refractivity contribution in [2.45, 2.75) is 13.3 Å². The molecule has 0 atom stereocenters. The largest absolute Gasteiger partial charge is 0.573 e. The summed E-state index contributed by atoms with van der Waals surface area (Å²) in [5.41, 5.74) is 6.83. The van der Waals surface area contributed by atoms with Crippen LogP contribution in [0.4, 0.5) is 18.9 Å². The number of aliphatic imine (C=N–C) groups is 1.